The Labute approximate surface area is 92.8 Å². The highest BCUT2D eigenvalue weighted by atomic mass is 19.1. The van der Waals surface area contributed by atoms with Crippen molar-refractivity contribution in [1.82, 2.24) is 0 Å². The number of ether oxygens (including phenoxy) is 1. The number of halogens is 1. The minimum atomic E-state index is -1.16. The minimum absolute atomic E-state index is 0.0116. The molecule has 1 unspecified atom stereocenters. The van der Waals surface area contributed by atoms with Gasteiger partial charge in [0.2, 0.25) is 0 Å². The Morgan fingerprint density at radius 2 is 2.25 bits per heavy atom. The Balaban J connectivity index is 3.38. The summed E-state index contributed by atoms with van der Waals surface area (Å²) in [5, 5.41) is 8.96. The van der Waals surface area contributed by atoms with E-state index >= 15 is 0 Å². The standard InChI is InChI=1S/C11H14FNO3/c1-6-3-4-8(16-2)9(10(6)12)7(5-13)11(14)15/h3-4,7H,5,13H2,1-2H3,(H,14,15). The van der Waals surface area contributed by atoms with E-state index in [0.717, 1.165) is 0 Å². The van der Waals surface area contributed by atoms with Crippen LogP contribution in [-0.4, -0.2) is 24.7 Å². The molecule has 1 aromatic rings. The van der Waals surface area contributed by atoms with Gasteiger partial charge < -0.3 is 15.6 Å². The lowest BCUT2D eigenvalue weighted by molar-refractivity contribution is -0.138. The highest BCUT2D eigenvalue weighted by Crippen LogP contribution is 2.30. The fourth-order valence-corrected chi connectivity index (χ4v) is 1.53. The molecule has 0 radical (unpaired) electrons. The fourth-order valence-electron chi connectivity index (χ4n) is 1.53. The molecular weight excluding hydrogens is 213 g/mol. The number of carboxylic acids is 1. The van der Waals surface area contributed by atoms with Crippen LogP contribution in [-0.2, 0) is 4.79 Å². The van der Waals surface area contributed by atoms with Gasteiger partial charge in [-0.15, -0.1) is 0 Å². The maximum atomic E-state index is 13.8. The molecule has 1 rings (SSSR count). The van der Waals surface area contributed by atoms with Crippen LogP contribution in [0.4, 0.5) is 4.39 Å². The smallest absolute Gasteiger partial charge is 0.312 e. The molecule has 0 aliphatic heterocycles. The van der Waals surface area contributed by atoms with Gasteiger partial charge in [-0.05, 0) is 18.6 Å². The van der Waals surface area contributed by atoms with Gasteiger partial charge in [-0.3, -0.25) is 4.79 Å². The Morgan fingerprint density at radius 1 is 1.62 bits per heavy atom. The van der Waals surface area contributed by atoms with Crippen LogP contribution in [0.3, 0.4) is 0 Å². The van der Waals surface area contributed by atoms with Crippen molar-refractivity contribution in [2.24, 2.45) is 5.73 Å². The van der Waals surface area contributed by atoms with E-state index in [0.29, 0.717) is 5.56 Å². The highest BCUT2D eigenvalue weighted by Gasteiger charge is 2.26. The van der Waals surface area contributed by atoms with Crippen LogP contribution in [0.25, 0.3) is 0 Å². The molecule has 0 fully saturated rings. The van der Waals surface area contributed by atoms with E-state index in [1.807, 2.05) is 0 Å². The second kappa shape index (κ2) is 4.94. The SMILES string of the molecule is COc1ccc(C)c(F)c1C(CN)C(=O)O. The van der Waals surface area contributed by atoms with Gasteiger partial charge in [0.25, 0.3) is 0 Å². The fraction of sp³-hybridized carbons (Fsp3) is 0.364. The maximum Gasteiger partial charge on any atom is 0.312 e. The summed E-state index contributed by atoms with van der Waals surface area (Å²) in [6.07, 6.45) is 0. The van der Waals surface area contributed by atoms with E-state index in [2.05, 4.69) is 0 Å². The first-order valence-electron chi connectivity index (χ1n) is 4.78. The average molecular weight is 227 g/mol. The lowest BCUT2D eigenvalue weighted by atomic mass is 9.95. The van der Waals surface area contributed by atoms with E-state index < -0.39 is 17.7 Å². The summed E-state index contributed by atoms with van der Waals surface area (Å²) in [4.78, 5) is 11.0. The largest absolute Gasteiger partial charge is 0.496 e. The Morgan fingerprint density at radius 3 is 2.69 bits per heavy atom. The van der Waals surface area contributed by atoms with Gasteiger partial charge in [0.05, 0.1) is 7.11 Å². The zero-order chi connectivity index (χ0) is 12.3. The van der Waals surface area contributed by atoms with Crippen LogP contribution in [0.15, 0.2) is 12.1 Å². The van der Waals surface area contributed by atoms with Crippen molar-refractivity contribution in [2.45, 2.75) is 12.8 Å². The van der Waals surface area contributed by atoms with E-state index in [4.69, 9.17) is 15.6 Å². The molecule has 1 aromatic carbocycles. The summed E-state index contributed by atoms with van der Waals surface area (Å²) < 4.78 is 18.8. The van der Waals surface area contributed by atoms with E-state index in [-0.39, 0.29) is 17.9 Å². The molecule has 0 spiro atoms. The zero-order valence-corrected chi connectivity index (χ0v) is 9.16. The third-order valence-corrected chi connectivity index (χ3v) is 2.44. The predicted octanol–water partition coefficient (Wildman–Crippen LogP) is 1.27. The first-order valence-corrected chi connectivity index (χ1v) is 4.78. The zero-order valence-electron chi connectivity index (χ0n) is 9.16. The molecule has 5 heteroatoms. The molecule has 4 nitrogen and oxygen atoms in total. The van der Waals surface area contributed by atoms with Crippen LogP contribution >= 0.6 is 0 Å². The first-order chi connectivity index (χ1) is 7.52. The predicted molar refractivity (Wildman–Crippen MR) is 57.1 cm³/mol. The molecule has 0 heterocycles. The number of hydrogen-bond acceptors (Lipinski definition) is 3. The average Bonchev–Trinajstić information content (AvgIpc) is 2.25. The summed E-state index contributed by atoms with van der Waals surface area (Å²) in [5.74, 6) is -2.61. The first kappa shape index (κ1) is 12.4. The molecule has 0 aromatic heterocycles. The third-order valence-electron chi connectivity index (χ3n) is 2.44. The van der Waals surface area contributed by atoms with Gasteiger partial charge in [-0.1, -0.05) is 6.07 Å². The molecule has 1 atom stereocenters. The molecular formula is C11H14FNO3. The van der Waals surface area contributed by atoms with Gasteiger partial charge in [0.1, 0.15) is 17.5 Å². The molecule has 0 saturated carbocycles. The molecule has 0 aliphatic carbocycles. The number of aliphatic carboxylic acids is 1. The summed E-state index contributed by atoms with van der Waals surface area (Å²) >= 11 is 0. The van der Waals surface area contributed by atoms with Crippen LogP contribution in [0.5, 0.6) is 5.75 Å². The minimum Gasteiger partial charge on any atom is -0.496 e. The Bertz CT molecular complexity index is 406. The highest BCUT2D eigenvalue weighted by molar-refractivity contribution is 5.77. The normalized spacial score (nSPS) is 12.2. The number of hydrogen-bond donors (Lipinski definition) is 2. The molecule has 3 N–H and O–H groups in total. The van der Waals surface area contributed by atoms with E-state index in [1.54, 1.807) is 13.0 Å². The number of carbonyl (C=O) groups is 1. The van der Waals surface area contributed by atoms with E-state index in [1.165, 1.54) is 13.2 Å². The van der Waals surface area contributed by atoms with Crippen LogP contribution in [0.1, 0.15) is 17.0 Å². The van der Waals surface area contributed by atoms with Crippen molar-refractivity contribution in [3.8, 4) is 5.75 Å². The number of methoxy groups -OCH3 is 1. The number of aryl methyl sites for hydroxylation is 1. The van der Waals surface area contributed by atoms with Crippen molar-refractivity contribution in [2.75, 3.05) is 13.7 Å². The molecule has 88 valence electrons. The van der Waals surface area contributed by atoms with Crippen LogP contribution in [0, 0.1) is 12.7 Å². The maximum absolute atomic E-state index is 13.8. The van der Waals surface area contributed by atoms with Crippen molar-refractivity contribution in [1.29, 1.82) is 0 Å². The van der Waals surface area contributed by atoms with Gasteiger partial charge in [-0.25, -0.2) is 4.39 Å². The second-order valence-corrected chi connectivity index (χ2v) is 3.44. The quantitative estimate of drug-likeness (QED) is 0.812. The van der Waals surface area contributed by atoms with Crippen molar-refractivity contribution in [3.05, 3.63) is 29.1 Å². The number of carboxylic acid groups (broad SMARTS) is 1. The summed E-state index contributed by atoms with van der Waals surface area (Å²) in [6.45, 7) is 1.39. The van der Waals surface area contributed by atoms with Gasteiger partial charge in [0, 0.05) is 12.1 Å². The molecule has 0 amide bonds. The molecule has 16 heavy (non-hydrogen) atoms. The summed E-state index contributed by atoms with van der Waals surface area (Å²) in [5.41, 5.74) is 5.73. The Kier molecular flexibility index (Phi) is 3.84. The lowest BCUT2D eigenvalue weighted by Crippen LogP contribution is -2.23. The molecule has 0 saturated heterocycles. The van der Waals surface area contributed by atoms with Crippen molar-refractivity contribution in [3.63, 3.8) is 0 Å². The number of benzene rings is 1. The second-order valence-electron chi connectivity index (χ2n) is 3.44. The lowest BCUT2D eigenvalue weighted by Gasteiger charge is -2.16. The summed E-state index contributed by atoms with van der Waals surface area (Å²) in [7, 11) is 1.36. The van der Waals surface area contributed by atoms with E-state index in [9.17, 15) is 9.18 Å². The van der Waals surface area contributed by atoms with Gasteiger partial charge in [0.15, 0.2) is 0 Å². The van der Waals surface area contributed by atoms with Crippen molar-refractivity contribution < 1.29 is 19.0 Å². The van der Waals surface area contributed by atoms with Gasteiger partial charge in [-0.2, -0.15) is 0 Å². The number of nitrogens with two attached hydrogens (primary N) is 1. The third kappa shape index (κ3) is 2.14. The van der Waals surface area contributed by atoms with Crippen LogP contribution < -0.4 is 10.5 Å². The summed E-state index contributed by atoms with van der Waals surface area (Å²) in [6, 6.07) is 3.08. The van der Waals surface area contributed by atoms with Crippen molar-refractivity contribution >= 4 is 5.97 Å². The number of rotatable bonds is 4. The topological polar surface area (TPSA) is 72.5 Å². The van der Waals surface area contributed by atoms with Crippen LogP contribution in [0.2, 0.25) is 0 Å². The Hall–Kier alpha value is -1.62. The molecule has 0 aliphatic rings. The van der Waals surface area contributed by atoms with Gasteiger partial charge >= 0.3 is 5.97 Å². The molecule has 0 bridgehead atoms. The monoisotopic (exact) mass is 227 g/mol.